The Kier molecular flexibility index (Phi) is 4.91. The van der Waals surface area contributed by atoms with Crippen LogP contribution in [0.15, 0.2) is 24.5 Å². The molecule has 0 aliphatic heterocycles. The summed E-state index contributed by atoms with van der Waals surface area (Å²) in [5.41, 5.74) is 1.01. The van der Waals surface area contributed by atoms with Crippen LogP contribution in [0.25, 0.3) is 0 Å². The van der Waals surface area contributed by atoms with Gasteiger partial charge < -0.3 is 10.4 Å². The van der Waals surface area contributed by atoms with Crippen LogP contribution in [0.3, 0.4) is 0 Å². The van der Waals surface area contributed by atoms with Gasteiger partial charge in [-0.3, -0.25) is 9.78 Å². The fraction of sp³-hybridized carbons (Fsp3) is 0.600. The van der Waals surface area contributed by atoms with Gasteiger partial charge in [0.05, 0.1) is 6.61 Å². The highest BCUT2D eigenvalue weighted by atomic mass is 16.3. The molecule has 1 heterocycles. The first kappa shape index (κ1) is 14.0. The highest BCUT2D eigenvalue weighted by molar-refractivity contribution is 5.76. The average molecular weight is 262 g/mol. The van der Waals surface area contributed by atoms with Crippen molar-refractivity contribution < 1.29 is 9.90 Å². The molecule has 0 bridgehead atoms. The minimum atomic E-state index is -0.0655. The van der Waals surface area contributed by atoms with E-state index >= 15 is 0 Å². The van der Waals surface area contributed by atoms with Crippen LogP contribution in [0.5, 0.6) is 0 Å². The van der Waals surface area contributed by atoms with Crippen molar-refractivity contribution in [3.05, 3.63) is 30.1 Å². The third kappa shape index (κ3) is 4.03. The quantitative estimate of drug-likeness (QED) is 0.820. The molecule has 2 rings (SSSR count). The van der Waals surface area contributed by atoms with Gasteiger partial charge in [0.25, 0.3) is 0 Å². The van der Waals surface area contributed by atoms with E-state index in [1.165, 1.54) is 0 Å². The predicted octanol–water partition coefficient (Wildman–Crippen LogP) is 1.68. The zero-order valence-corrected chi connectivity index (χ0v) is 11.3. The summed E-state index contributed by atoms with van der Waals surface area (Å²) in [4.78, 5) is 15.8. The van der Waals surface area contributed by atoms with Gasteiger partial charge in [-0.25, -0.2) is 0 Å². The van der Waals surface area contributed by atoms with Gasteiger partial charge in [0.15, 0.2) is 0 Å². The summed E-state index contributed by atoms with van der Waals surface area (Å²) < 4.78 is 0. The SMILES string of the molecule is O=C(CCc1cccnc1)NCC1(CO)CCCC1. The molecule has 19 heavy (non-hydrogen) atoms. The van der Waals surface area contributed by atoms with Crippen LogP contribution in [-0.2, 0) is 11.2 Å². The Bertz CT molecular complexity index is 400. The number of aliphatic hydroxyl groups excluding tert-OH is 1. The first-order chi connectivity index (χ1) is 9.24. The van der Waals surface area contributed by atoms with E-state index in [1.54, 1.807) is 12.4 Å². The maximum atomic E-state index is 11.8. The molecule has 4 nitrogen and oxygen atoms in total. The van der Waals surface area contributed by atoms with E-state index in [1.807, 2.05) is 12.1 Å². The summed E-state index contributed by atoms with van der Waals surface area (Å²) in [6.07, 6.45) is 9.07. The number of amides is 1. The smallest absolute Gasteiger partial charge is 0.220 e. The van der Waals surface area contributed by atoms with Gasteiger partial charge in [-0.05, 0) is 30.9 Å². The molecule has 1 saturated carbocycles. The summed E-state index contributed by atoms with van der Waals surface area (Å²) in [6, 6.07) is 3.86. The molecule has 104 valence electrons. The molecule has 0 atom stereocenters. The van der Waals surface area contributed by atoms with E-state index in [9.17, 15) is 9.90 Å². The molecular formula is C15H22N2O2. The van der Waals surface area contributed by atoms with Gasteiger partial charge in [-0.1, -0.05) is 18.9 Å². The molecule has 1 aliphatic carbocycles. The lowest BCUT2D eigenvalue weighted by molar-refractivity contribution is -0.121. The number of nitrogens with one attached hydrogen (secondary N) is 1. The highest BCUT2D eigenvalue weighted by Gasteiger charge is 2.33. The Hall–Kier alpha value is -1.42. The lowest BCUT2D eigenvalue weighted by atomic mass is 9.87. The maximum Gasteiger partial charge on any atom is 0.220 e. The topological polar surface area (TPSA) is 62.2 Å². The van der Waals surface area contributed by atoms with E-state index in [4.69, 9.17) is 0 Å². The molecule has 1 aliphatic rings. The molecule has 1 aromatic rings. The molecule has 4 heteroatoms. The molecule has 0 radical (unpaired) electrons. The van der Waals surface area contributed by atoms with Gasteiger partial charge >= 0.3 is 0 Å². The third-order valence-electron chi connectivity index (χ3n) is 4.02. The zero-order valence-electron chi connectivity index (χ0n) is 11.3. The fourth-order valence-electron chi connectivity index (χ4n) is 2.69. The Labute approximate surface area is 114 Å². The van der Waals surface area contributed by atoms with Crippen LogP contribution in [0.1, 0.15) is 37.7 Å². The van der Waals surface area contributed by atoms with Crippen LogP contribution in [0.4, 0.5) is 0 Å². The van der Waals surface area contributed by atoms with Crippen molar-refractivity contribution in [3.8, 4) is 0 Å². The van der Waals surface area contributed by atoms with Gasteiger partial charge in [-0.2, -0.15) is 0 Å². The van der Waals surface area contributed by atoms with Crippen LogP contribution in [0.2, 0.25) is 0 Å². The summed E-state index contributed by atoms with van der Waals surface area (Å²) in [5.74, 6) is 0.0589. The number of rotatable bonds is 6. The minimum Gasteiger partial charge on any atom is -0.396 e. The van der Waals surface area contributed by atoms with Crippen molar-refractivity contribution >= 4 is 5.91 Å². The van der Waals surface area contributed by atoms with Crippen molar-refractivity contribution in [1.29, 1.82) is 0 Å². The van der Waals surface area contributed by atoms with Crippen LogP contribution in [-0.4, -0.2) is 29.1 Å². The predicted molar refractivity (Wildman–Crippen MR) is 73.6 cm³/mol. The van der Waals surface area contributed by atoms with Crippen molar-refractivity contribution in [2.75, 3.05) is 13.2 Å². The number of nitrogens with zero attached hydrogens (tertiary/aromatic N) is 1. The summed E-state index contributed by atoms with van der Waals surface area (Å²) >= 11 is 0. The number of hydrogen-bond acceptors (Lipinski definition) is 3. The molecule has 1 fully saturated rings. The van der Waals surface area contributed by atoms with Crippen molar-refractivity contribution in [2.45, 2.75) is 38.5 Å². The monoisotopic (exact) mass is 262 g/mol. The van der Waals surface area contributed by atoms with Crippen molar-refractivity contribution in [1.82, 2.24) is 10.3 Å². The lowest BCUT2D eigenvalue weighted by Crippen LogP contribution is -2.38. The summed E-state index contributed by atoms with van der Waals surface area (Å²) in [6.45, 7) is 0.783. The number of hydrogen-bond donors (Lipinski definition) is 2. The summed E-state index contributed by atoms with van der Waals surface area (Å²) in [5, 5.41) is 12.4. The van der Waals surface area contributed by atoms with E-state index in [0.29, 0.717) is 19.4 Å². The fourth-order valence-corrected chi connectivity index (χ4v) is 2.69. The van der Waals surface area contributed by atoms with Crippen molar-refractivity contribution in [3.63, 3.8) is 0 Å². The first-order valence-corrected chi connectivity index (χ1v) is 7.01. The Balaban J connectivity index is 1.72. The van der Waals surface area contributed by atoms with Gasteiger partial charge in [0, 0.05) is 30.8 Å². The third-order valence-corrected chi connectivity index (χ3v) is 4.02. The average Bonchev–Trinajstić information content (AvgIpc) is 2.93. The minimum absolute atomic E-state index is 0.0589. The molecular weight excluding hydrogens is 240 g/mol. The van der Waals surface area contributed by atoms with Gasteiger partial charge in [0.2, 0.25) is 5.91 Å². The van der Waals surface area contributed by atoms with Gasteiger partial charge in [-0.15, -0.1) is 0 Å². The molecule has 0 unspecified atom stereocenters. The van der Waals surface area contributed by atoms with E-state index < -0.39 is 0 Å². The molecule has 1 amide bonds. The Morgan fingerprint density at radius 2 is 2.21 bits per heavy atom. The number of carbonyl (C=O) groups is 1. The largest absolute Gasteiger partial charge is 0.396 e. The zero-order chi connectivity index (χ0) is 13.6. The van der Waals surface area contributed by atoms with E-state index in [0.717, 1.165) is 31.2 Å². The Morgan fingerprint density at radius 1 is 1.42 bits per heavy atom. The van der Waals surface area contributed by atoms with E-state index in [2.05, 4.69) is 10.3 Å². The lowest BCUT2D eigenvalue weighted by Gasteiger charge is -2.26. The molecule has 0 saturated heterocycles. The van der Waals surface area contributed by atoms with Gasteiger partial charge in [0.1, 0.15) is 0 Å². The van der Waals surface area contributed by atoms with Crippen LogP contribution >= 0.6 is 0 Å². The summed E-state index contributed by atoms with van der Waals surface area (Å²) in [7, 11) is 0. The number of aromatic nitrogens is 1. The Morgan fingerprint density at radius 3 is 2.84 bits per heavy atom. The van der Waals surface area contributed by atoms with E-state index in [-0.39, 0.29) is 17.9 Å². The highest BCUT2D eigenvalue weighted by Crippen LogP contribution is 2.36. The second-order valence-corrected chi connectivity index (χ2v) is 5.50. The normalized spacial score (nSPS) is 17.3. The molecule has 0 spiro atoms. The number of aliphatic hydroxyl groups is 1. The standard InChI is InChI=1S/C15H22N2O2/c18-12-15(7-1-2-8-15)11-17-14(19)6-5-13-4-3-9-16-10-13/h3-4,9-10,18H,1-2,5-8,11-12H2,(H,17,19). The van der Waals surface area contributed by atoms with Crippen LogP contribution < -0.4 is 5.32 Å². The number of pyridine rings is 1. The molecule has 1 aromatic heterocycles. The number of carbonyl (C=O) groups excluding carboxylic acids is 1. The molecule has 0 aromatic carbocycles. The molecule has 2 N–H and O–H groups in total. The first-order valence-electron chi connectivity index (χ1n) is 7.01. The second-order valence-electron chi connectivity index (χ2n) is 5.50. The maximum absolute atomic E-state index is 11.8. The number of aryl methyl sites for hydroxylation is 1. The van der Waals surface area contributed by atoms with Crippen LogP contribution in [0, 0.1) is 5.41 Å². The van der Waals surface area contributed by atoms with Crippen molar-refractivity contribution in [2.24, 2.45) is 5.41 Å². The second kappa shape index (κ2) is 6.66.